The van der Waals surface area contributed by atoms with Crippen molar-refractivity contribution < 1.29 is 9.53 Å². The van der Waals surface area contributed by atoms with Gasteiger partial charge in [0.25, 0.3) is 0 Å². The molecule has 0 heterocycles. The lowest BCUT2D eigenvalue weighted by atomic mass is 10.1. The van der Waals surface area contributed by atoms with Crippen molar-refractivity contribution in [1.29, 1.82) is 0 Å². The minimum absolute atomic E-state index is 0.0834. The van der Waals surface area contributed by atoms with Crippen molar-refractivity contribution in [2.75, 3.05) is 11.9 Å². The molecule has 0 saturated carbocycles. The predicted molar refractivity (Wildman–Crippen MR) is 129 cm³/mol. The van der Waals surface area contributed by atoms with Crippen molar-refractivity contribution in [1.82, 2.24) is 0 Å². The summed E-state index contributed by atoms with van der Waals surface area (Å²) in [4.78, 5) is 12.0. The standard InChI is InChI=1S/C26H37N3O2/c1-4-6-7-8-9-10-11-20-27-23-16-18-25(19-17-23)29-28-24-14-12-22(13-15-24)26(30)31-21(3)5-2/h12-19,21,27H,4-11,20H2,1-3H3/t21-/m0/s1. The van der Waals surface area contributed by atoms with Crippen LogP contribution in [0.25, 0.3) is 0 Å². The summed E-state index contributed by atoms with van der Waals surface area (Å²) in [5, 5.41) is 12.0. The number of nitrogens with one attached hydrogen (secondary N) is 1. The maximum atomic E-state index is 12.0. The van der Waals surface area contributed by atoms with Crippen molar-refractivity contribution >= 4 is 23.0 Å². The molecule has 0 fully saturated rings. The van der Waals surface area contributed by atoms with Gasteiger partial charge in [0.1, 0.15) is 0 Å². The summed E-state index contributed by atoms with van der Waals surface area (Å²) in [6.45, 7) is 7.13. The number of hydrogen-bond donors (Lipinski definition) is 1. The molecule has 0 amide bonds. The van der Waals surface area contributed by atoms with Gasteiger partial charge in [-0.15, -0.1) is 0 Å². The maximum absolute atomic E-state index is 12.0. The van der Waals surface area contributed by atoms with E-state index in [1.807, 2.05) is 38.1 Å². The Morgan fingerprint density at radius 2 is 1.39 bits per heavy atom. The van der Waals surface area contributed by atoms with Crippen LogP contribution in [-0.2, 0) is 4.74 Å². The van der Waals surface area contributed by atoms with Crippen molar-refractivity contribution in [2.24, 2.45) is 10.2 Å². The second kappa shape index (κ2) is 14.3. The van der Waals surface area contributed by atoms with E-state index in [0.717, 1.165) is 24.3 Å². The molecule has 0 radical (unpaired) electrons. The molecule has 0 aliphatic heterocycles. The lowest BCUT2D eigenvalue weighted by molar-refractivity contribution is 0.0334. The fraction of sp³-hybridized carbons (Fsp3) is 0.500. The van der Waals surface area contributed by atoms with Gasteiger partial charge in [0, 0.05) is 12.2 Å². The zero-order valence-corrected chi connectivity index (χ0v) is 19.3. The zero-order chi connectivity index (χ0) is 22.3. The summed E-state index contributed by atoms with van der Waals surface area (Å²) < 4.78 is 5.33. The number of rotatable bonds is 14. The quantitative estimate of drug-likeness (QED) is 0.189. The Balaban J connectivity index is 1.73. The van der Waals surface area contributed by atoms with Crippen LogP contribution in [-0.4, -0.2) is 18.6 Å². The first-order chi connectivity index (χ1) is 15.1. The van der Waals surface area contributed by atoms with E-state index in [1.54, 1.807) is 24.3 Å². The summed E-state index contributed by atoms with van der Waals surface area (Å²) in [6.07, 6.45) is 9.93. The molecule has 1 N–H and O–H groups in total. The van der Waals surface area contributed by atoms with Gasteiger partial charge in [-0.1, -0.05) is 52.4 Å². The minimum atomic E-state index is -0.308. The molecule has 2 aromatic carbocycles. The number of hydrogen-bond acceptors (Lipinski definition) is 5. The van der Waals surface area contributed by atoms with Crippen LogP contribution in [0, 0.1) is 0 Å². The molecule has 0 aromatic heterocycles. The highest BCUT2D eigenvalue weighted by molar-refractivity contribution is 5.89. The Bertz CT molecular complexity index is 785. The van der Waals surface area contributed by atoms with Gasteiger partial charge in [0.15, 0.2) is 0 Å². The van der Waals surface area contributed by atoms with Gasteiger partial charge in [0.2, 0.25) is 0 Å². The van der Waals surface area contributed by atoms with Crippen molar-refractivity contribution in [3.63, 3.8) is 0 Å². The smallest absolute Gasteiger partial charge is 0.338 e. The van der Waals surface area contributed by atoms with Gasteiger partial charge >= 0.3 is 5.97 Å². The third-order valence-electron chi connectivity index (χ3n) is 5.24. The number of benzene rings is 2. The number of anilines is 1. The second-order valence-electron chi connectivity index (χ2n) is 7.97. The molecule has 5 nitrogen and oxygen atoms in total. The molecule has 168 valence electrons. The average molecular weight is 424 g/mol. The molecule has 0 bridgehead atoms. The fourth-order valence-electron chi connectivity index (χ4n) is 3.07. The minimum Gasteiger partial charge on any atom is -0.459 e. The number of carbonyl (C=O) groups is 1. The highest BCUT2D eigenvalue weighted by atomic mass is 16.5. The number of ether oxygens (including phenoxy) is 1. The molecule has 1 atom stereocenters. The van der Waals surface area contributed by atoms with Gasteiger partial charge in [-0.3, -0.25) is 0 Å². The fourth-order valence-corrected chi connectivity index (χ4v) is 3.07. The van der Waals surface area contributed by atoms with Gasteiger partial charge in [-0.05, 0) is 68.3 Å². The van der Waals surface area contributed by atoms with E-state index >= 15 is 0 Å². The van der Waals surface area contributed by atoms with E-state index in [9.17, 15) is 4.79 Å². The van der Waals surface area contributed by atoms with Gasteiger partial charge in [-0.2, -0.15) is 10.2 Å². The van der Waals surface area contributed by atoms with Crippen LogP contribution in [0.2, 0.25) is 0 Å². The number of carbonyl (C=O) groups excluding carboxylic acids is 1. The molecule has 5 heteroatoms. The zero-order valence-electron chi connectivity index (χ0n) is 19.3. The van der Waals surface area contributed by atoms with E-state index in [1.165, 1.54) is 44.9 Å². The van der Waals surface area contributed by atoms with Crippen LogP contribution in [0.3, 0.4) is 0 Å². The van der Waals surface area contributed by atoms with E-state index < -0.39 is 0 Å². The lowest BCUT2D eigenvalue weighted by Crippen LogP contribution is -2.13. The summed E-state index contributed by atoms with van der Waals surface area (Å²) >= 11 is 0. The normalized spacial score (nSPS) is 12.1. The number of esters is 1. The van der Waals surface area contributed by atoms with Crippen LogP contribution >= 0.6 is 0 Å². The summed E-state index contributed by atoms with van der Waals surface area (Å²) in [5.74, 6) is -0.308. The predicted octanol–water partition coefficient (Wildman–Crippen LogP) is 8.22. The first-order valence-corrected chi connectivity index (χ1v) is 11.7. The van der Waals surface area contributed by atoms with E-state index in [-0.39, 0.29) is 12.1 Å². The van der Waals surface area contributed by atoms with Crippen molar-refractivity contribution in [2.45, 2.75) is 78.2 Å². The highest BCUT2D eigenvalue weighted by Crippen LogP contribution is 2.21. The molecule has 0 saturated heterocycles. The Kier molecular flexibility index (Phi) is 11.4. The second-order valence-corrected chi connectivity index (χ2v) is 7.97. The molecule has 0 aliphatic carbocycles. The van der Waals surface area contributed by atoms with Gasteiger partial charge in [0.05, 0.1) is 23.0 Å². The van der Waals surface area contributed by atoms with Crippen LogP contribution in [0.5, 0.6) is 0 Å². The summed E-state index contributed by atoms with van der Waals surface area (Å²) in [5.41, 5.74) is 3.12. The van der Waals surface area contributed by atoms with Gasteiger partial charge in [-0.25, -0.2) is 4.79 Å². The Labute approximate surface area is 187 Å². The van der Waals surface area contributed by atoms with E-state index in [0.29, 0.717) is 11.3 Å². The summed E-state index contributed by atoms with van der Waals surface area (Å²) in [6, 6.07) is 15.0. The summed E-state index contributed by atoms with van der Waals surface area (Å²) in [7, 11) is 0. The number of unbranched alkanes of at least 4 members (excludes halogenated alkanes) is 6. The van der Waals surface area contributed by atoms with Crippen LogP contribution in [0.1, 0.15) is 82.5 Å². The molecular weight excluding hydrogens is 386 g/mol. The van der Waals surface area contributed by atoms with Crippen LogP contribution in [0.4, 0.5) is 17.1 Å². The third-order valence-corrected chi connectivity index (χ3v) is 5.24. The van der Waals surface area contributed by atoms with Crippen molar-refractivity contribution in [3.8, 4) is 0 Å². The first-order valence-electron chi connectivity index (χ1n) is 11.7. The van der Waals surface area contributed by atoms with E-state index in [4.69, 9.17) is 4.74 Å². The number of azo groups is 1. The Morgan fingerprint density at radius 1 is 0.839 bits per heavy atom. The molecule has 0 aliphatic rings. The topological polar surface area (TPSA) is 63.0 Å². The molecule has 31 heavy (non-hydrogen) atoms. The molecular formula is C26H37N3O2. The largest absolute Gasteiger partial charge is 0.459 e. The van der Waals surface area contributed by atoms with E-state index in [2.05, 4.69) is 22.5 Å². The van der Waals surface area contributed by atoms with Gasteiger partial charge < -0.3 is 10.1 Å². The first kappa shape index (κ1) is 24.6. The molecule has 2 aromatic rings. The molecule has 0 spiro atoms. The third kappa shape index (κ3) is 9.77. The number of nitrogens with zero attached hydrogens (tertiary/aromatic N) is 2. The highest BCUT2D eigenvalue weighted by Gasteiger charge is 2.10. The maximum Gasteiger partial charge on any atom is 0.338 e. The average Bonchev–Trinajstić information content (AvgIpc) is 2.80. The molecule has 2 rings (SSSR count). The Hall–Kier alpha value is -2.69. The Morgan fingerprint density at radius 3 is 1.97 bits per heavy atom. The SMILES string of the molecule is CCCCCCCCCNc1ccc(N=Nc2ccc(C(=O)O[C@@H](C)CC)cc2)cc1. The van der Waals surface area contributed by atoms with Crippen LogP contribution in [0.15, 0.2) is 58.8 Å². The monoisotopic (exact) mass is 423 g/mol. The molecule has 0 unspecified atom stereocenters. The van der Waals surface area contributed by atoms with Crippen molar-refractivity contribution in [3.05, 3.63) is 54.1 Å². The lowest BCUT2D eigenvalue weighted by Gasteiger charge is -2.10. The van der Waals surface area contributed by atoms with Crippen LogP contribution < -0.4 is 5.32 Å².